The highest BCUT2D eigenvalue weighted by Gasteiger charge is 2.45. The number of likely N-dealkylation sites (tertiary alicyclic amines) is 1. The van der Waals surface area contributed by atoms with Crippen LogP contribution in [0.3, 0.4) is 0 Å². The summed E-state index contributed by atoms with van der Waals surface area (Å²) in [5, 5.41) is 13.8. The average molecular weight is 387 g/mol. The molecular weight excluding hydrogens is 362 g/mol. The van der Waals surface area contributed by atoms with Gasteiger partial charge in [-0.05, 0) is 37.3 Å². The van der Waals surface area contributed by atoms with Crippen LogP contribution in [-0.2, 0) is 11.3 Å². The molecule has 0 bridgehead atoms. The van der Waals surface area contributed by atoms with Crippen molar-refractivity contribution in [2.75, 3.05) is 14.2 Å². The van der Waals surface area contributed by atoms with E-state index in [4.69, 9.17) is 14.0 Å². The molecule has 1 N–H and O–H groups in total. The molecule has 4 rings (SSSR count). The molecule has 1 saturated heterocycles. The Morgan fingerprint density at radius 1 is 1.29 bits per heavy atom. The number of carboxylic acid groups (broad SMARTS) is 1. The smallest absolute Gasteiger partial charge is 0.320 e. The molecule has 150 valence electrons. The third-order valence-corrected chi connectivity index (χ3v) is 5.94. The van der Waals surface area contributed by atoms with Crippen molar-refractivity contribution in [2.24, 2.45) is 5.92 Å². The SMILES string of the molecule is COc1ccc(-c2noc(CN3C(C(=O)O)CC4CCCCC43)n2)c(OC)c1. The highest BCUT2D eigenvalue weighted by molar-refractivity contribution is 5.74. The van der Waals surface area contributed by atoms with E-state index in [0.717, 1.165) is 19.3 Å². The lowest BCUT2D eigenvalue weighted by molar-refractivity contribution is -0.143. The van der Waals surface area contributed by atoms with Gasteiger partial charge in [0.25, 0.3) is 0 Å². The zero-order valence-electron chi connectivity index (χ0n) is 16.1. The number of fused-ring (bicyclic) bond motifs is 1. The number of nitrogens with zero attached hydrogens (tertiary/aromatic N) is 3. The van der Waals surface area contributed by atoms with Crippen LogP contribution in [0.1, 0.15) is 38.0 Å². The first-order chi connectivity index (χ1) is 13.6. The quantitative estimate of drug-likeness (QED) is 0.808. The van der Waals surface area contributed by atoms with E-state index in [9.17, 15) is 9.90 Å². The summed E-state index contributed by atoms with van der Waals surface area (Å²) >= 11 is 0. The molecule has 1 saturated carbocycles. The lowest BCUT2D eigenvalue weighted by atomic mass is 9.85. The molecule has 28 heavy (non-hydrogen) atoms. The number of benzene rings is 1. The normalized spacial score (nSPS) is 24.7. The second-order valence-corrected chi connectivity index (χ2v) is 7.45. The van der Waals surface area contributed by atoms with Gasteiger partial charge >= 0.3 is 5.97 Å². The van der Waals surface area contributed by atoms with E-state index in [-0.39, 0.29) is 6.04 Å². The highest BCUT2D eigenvalue weighted by atomic mass is 16.5. The van der Waals surface area contributed by atoms with Gasteiger partial charge in [0.05, 0.1) is 26.3 Å². The minimum Gasteiger partial charge on any atom is -0.497 e. The van der Waals surface area contributed by atoms with Crippen molar-refractivity contribution in [3.8, 4) is 22.9 Å². The Morgan fingerprint density at radius 3 is 2.86 bits per heavy atom. The number of rotatable bonds is 6. The average Bonchev–Trinajstić information content (AvgIpc) is 3.33. The van der Waals surface area contributed by atoms with Crippen molar-refractivity contribution < 1.29 is 23.9 Å². The number of aromatic nitrogens is 2. The minimum atomic E-state index is -0.772. The molecule has 2 fully saturated rings. The third-order valence-electron chi connectivity index (χ3n) is 5.94. The number of carboxylic acids is 1. The summed E-state index contributed by atoms with van der Waals surface area (Å²) in [5.41, 5.74) is 0.699. The predicted molar refractivity (Wildman–Crippen MR) is 100 cm³/mol. The molecular formula is C20H25N3O5. The number of hydrogen-bond donors (Lipinski definition) is 1. The molecule has 1 aromatic heterocycles. The molecule has 1 aliphatic carbocycles. The summed E-state index contributed by atoms with van der Waals surface area (Å²) in [6, 6.07) is 5.18. The Kier molecular flexibility index (Phi) is 5.21. The standard InChI is InChI=1S/C20H25N3O5/c1-26-13-7-8-14(17(10-13)27-2)19-21-18(28-22-19)11-23-15-6-4-3-5-12(15)9-16(23)20(24)25/h7-8,10,12,15-16H,3-6,9,11H2,1-2H3,(H,24,25). The van der Waals surface area contributed by atoms with Gasteiger partial charge in [-0.3, -0.25) is 9.69 Å². The van der Waals surface area contributed by atoms with Gasteiger partial charge in [0, 0.05) is 12.1 Å². The van der Waals surface area contributed by atoms with Crippen molar-refractivity contribution in [2.45, 2.75) is 50.7 Å². The fourth-order valence-corrected chi connectivity index (χ4v) is 4.59. The van der Waals surface area contributed by atoms with Crippen LogP contribution in [-0.4, -0.2) is 52.4 Å². The van der Waals surface area contributed by atoms with Crippen molar-refractivity contribution in [1.29, 1.82) is 0 Å². The number of ether oxygens (including phenoxy) is 2. The Balaban J connectivity index is 1.57. The van der Waals surface area contributed by atoms with E-state index < -0.39 is 12.0 Å². The molecule has 1 aliphatic heterocycles. The van der Waals surface area contributed by atoms with Crippen molar-refractivity contribution in [3.63, 3.8) is 0 Å². The summed E-state index contributed by atoms with van der Waals surface area (Å²) < 4.78 is 16.1. The minimum absolute atomic E-state index is 0.278. The molecule has 8 heteroatoms. The largest absolute Gasteiger partial charge is 0.497 e. The summed E-state index contributed by atoms with van der Waals surface area (Å²) in [7, 11) is 3.17. The third kappa shape index (κ3) is 3.44. The topological polar surface area (TPSA) is 97.9 Å². The molecule has 3 unspecified atom stereocenters. The molecule has 0 amide bonds. The number of hydrogen-bond acceptors (Lipinski definition) is 7. The highest BCUT2D eigenvalue weighted by Crippen LogP contribution is 2.40. The van der Waals surface area contributed by atoms with Crippen LogP contribution in [0, 0.1) is 5.92 Å². The first-order valence-corrected chi connectivity index (χ1v) is 9.64. The maximum atomic E-state index is 11.8. The molecule has 2 aromatic rings. The number of carbonyl (C=O) groups is 1. The van der Waals surface area contributed by atoms with E-state index in [2.05, 4.69) is 10.1 Å². The molecule has 1 aromatic carbocycles. The van der Waals surface area contributed by atoms with Gasteiger partial charge in [-0.1, -0.05) is 18.0 Å². The molecule has 3 atom stereocenters. The first-order valence-electron chi connectivity index (χ1n) is 9.64. The zero-order chi connectivity index (χ0) is 19.7. The Labute approximate surface area is 163 Å². The summed E-state index contributed by atoms with van der Waals surface area (Å²) in [5.74, 6) is 1.77. The Hall–Kier alpha value is -2.61. The molecule has 0 radical (unpaired) electrons. The van der Waals surface area contributed by atoms with Crippen LogP contribution in [0.15, 0.2) is 22.7 Å². The van der Waals surface area contributed by atoms with Crippen LogP contribution < -0.4 is 9.47 Å². The zero-order valence-corrected chi connectivity index (χ0v) is 16.1. The summed E-state index contributed by atoms with van der Waals surface area (Å²) in [4.78, 5) is 18.3. The molecule has 2 heterocycles. The van der Waals surface area contributed by atoms with E-state index >= 15 is 0 Å². The lowest BCUT2D eigenvalue weighted by Gasteiger charge is -2.31. The van der Waals surface area contributed by atoms with E-state index in [0.29, 0.717) is 47.7 Å². The van der Waals surface area contributed by atoms with Crippen molar-refractivity contribution in [1.82, 2.24) is 15.0 Å². The molecule has 8 nitrogen and oxygen atoms in total. The maximum Gasteiger partial charge on any atom is 0.320 e. The van der Waals surface area contributed by atoms with Gasteiger partial charge in [-0.15, -0.1) is 0 Å². The maximum absolute atomic E-state index is 11.8. The van der Waals surface area contributed by atoms with Crippen LogP contribution >= 0.6 is 0 Å². The lowest BCUT2D eigenvalue weighted by Crippen LogP contribution is -2.41. The van der Waals surface area contributed by atoms with Crippen LogP contribution in [0.2, 0.25) is 0 Å². The molecule has 0 spiro atoms. The van der Waals surface area contributed by atoms with Gasteiger partial charge in [0.1, 0.15) is 17.5 Å². The summed E-state index contributed by atoms with van der Waals surface area (Å²) in [6.45, 7) is 0.351. The predicted octanol–water partition coefficient (Wildman–Crippen LogP) is 2.97. The van der Waals surface area contributed by atoms with E-state index in [1.54, 1.807) is 26.4 Å². The fourth-order valence-electron chi connectivity index (χ4n) is 4.59. The van der Waals surface area contributed by atoms with Gasteiger partial charge in [0.15, 0.2) is 0 Å². The molecule has 2 aliphatic rings. The van der Waals surface area contributed by atoms with E-state index in [1.807, 2.05) is 11.0 Å². The van der Waals surface area contributed by atoms with Gasteiger partial charge in [0.2, 0.25) is 11.7 Å². The Bertz CT molecular complexity index is 852. The van der Waals surface area contributed by atoms with Crippen LogP contribution in [0.25, 0.3) is 11.4 Å². The van der Waals surface area contributed by atoms with Gasteiger partial charge in [-0.2, -0.15) is 4.98 Å². The second-order valence-electron chi connectivity index (χ2n) is 7.45. The van der Waals surface area contributed by atoms with Crippen LogP contribution in [0.5, 0.6) is 11.5 Å². The number of methoxy groups -OCH3 is 2. The first kappa shape index (κ1) is 18.7. The second kappa shape index (κ2) is 7.79. The van der Waals surface area contributed by atoms with Gasteiger partial charge < -0.3 is 19.1 Å². The van der Waals surface area contributed by atoms with E-state index in [1.165, 1.54) is 6.42 Å². The van der Waals surface area contributed by atoms with Gasteiger partial charge in [-0.25, -0.2) is 0 Å². The fraction of sp³-hybridized carbons (Fsp3) is 0.550. The Morgan fingerprint density at radius 2 is 2.11 bits per heavy atom. The number of aliphatic carboxylic acids is 1. The summed E-state index contributed by atoms with van der Waals surface area (Å²) in [6.07, 6.45) is 5.16. The van der Waals surface area contributed by atoms with Crippen molar-refractivity contribution >= 4 is 5.97 Å². The van der Waals surface area contributed by atoms with Crippen LogP contribution in [0.4, 0.5) is 0 Å². The van der Waals surface area contributed by atoms with Crippen molar-refractivity contribution in [3.05, 3.63) is 24.1 Å². The monoisotopic (exact) mass is 387 g/mol.